The van der Waals surface area contributed by atoms with Crippen LogP contribution >= 0.6 is 11.9 Å². The number of hydrazone groups is 1. The molecule has 0 aromatic rings. The number of nitrogens with zero attached hydrogens (tertiary/aromatic N) is 2. The van der Waals surface area contributed by atoms with E-state index in [0.29, 0.717) is 5.92 Å². The molecule has 1 aliphatic heterocycles. The maximum Gasteiger partial charge on any atom is 0.0537 e. The summed E-state index contributed by atoms with van der Waals surface area (Å²) in [6.07, 6.45) is 4.19. The van der Waals surface area contributed by atoms with Gasteiger partial charge in [0.15, 0.2) is 0 Å². The van der Waals surface area contributed by atoms with E-state index >= 15 is 0 Å². The number of nitrogens with two attached hydrogens (primary N) is 1. The van der Waals surface area contributed by atoms with E-state index in [9.17, 15) is 0 Å². The lowest BCUT2D eigenvalue weighted by molar-refractivity contribution is 0.532. The summed E-state index contributed by atoms with van der Waals surface area (Å²) in [4.78, 5) is 0. The van der Waals surface area contributed by atoms with Gasteiger partial charge in [0.25, 0.3) is 0 Å². The fraction of sp³-hybridized carbons (Fsp3) is 0.625. The average molecular weight is 185 g/mol. The molecule has 68 valence electrons. The molecule has 0 radical (unpaired) electrons. The first-order valence-corrected chi connectivity index (χ1v) is 5.07. The van der Waals surface area contributed by atoms with Crippen LogP contribution in [0.5, 0.6) is 0 Å². The van der Waals surface area contributed by atoms with Crippen molar-refractivity contribution in [2.24, 2.45) is 16.9 Å². The predicted molar refractivity (Wildman–Crippen MR) is 54.3 cm³/mol. The van der Waals surface area contributed by atoms with Gasteiger partial charge in [0.05, 0.1) is 6.21 Å². The zero-order valence-corrected chi connectivity index (χ0v) is 8.34. The third kappa shape index (κ3) is 2.25. The lowest BCUT2D eigenvalue weighted by Crippen LogP contribution is -2.19. The highest BCUT2D eigenvalue weighted by molar-refractivity contribution is 7.99. The molecule has 0 saturated heterocycles. The number of hydrogen-bond acceptors (Lipinski definition) is 4. The maximum atomic E-state index is 5.43. The molecule has 4 heteroatoms. The van der Waals surface area contributed by atoms with Gasteiger partial charge >= 0.3 is 0 Å². The number of allylic oxidation sites excluding steroid dienone is 1. The van der Waals surface area contributed by atoms with Gasteiger partial charge in [-0.1, -0.05) is 13.8 Å². The highest BCUT2D eigenvalue weighted by Crippen LogP contribution is 2.24. The van der Waals surface area contributed by atoms with Crippen molar-refractivity contribution < 1.29 is 0 Å². The van der Waals surface area contributed by atoms with E-state index in [0.717, 1.165) is 0 Å². The molecule has 0 aromatic carbocycles. The Morgan fingerprint density at radius 3 is 2.67 bits per heavy atom. The van der Waals surface area contributed by atoms with Gasteiger partial charge < -0.3 is 0 Å². The van der Waals surface area contributed by atoms with Crippen LogP contribution < -0.4 is 5.84 Å². The van der Waals surface area contributed by atoms with Crippen LogP contribution in [0.4, 0.5) is 0 Å². The highest BCUT2D eigenvalue weighted by Gasteiger charge is 2.11. The minimum Gasteiger partial charge on any atom is -0.220 e. The first kappa shape index (κ1) is 9.61. The lowest BCUT2D eigenvalue weighted by atomic mass is 9.96. The Bertz CT molecular complexity index is 196. The summed E-state index contributed by atoms with van der Waals surface area (Å²) in [6, 6.07) is 0. The van der Waals surface area contributed by atoms with Crippen LogP contribution in [0.2, 0.25) is 0 Å². The standard InChI is InChI=1S/C8H15N3S/c1-3-7(4-2)8-5-10-11(9)12-6-8/h5-7H,3-4,9H2,1-2H3. The smallest absolute Gasteiger partial charge is 0.0537 e. The fourth-order valence-electron chi connectivity index (χ4n) is 1.26. The van der Waals surface area contributed by atoms with Crippen molar-refractivity contribution in [1.82, 2.24) is 4.52 Å². The van der Waals surface area contributed by atoms with Crippen molar-refractivity contribution in [3.05, 3.63) is 11.0 Å². The molecule has 0 saturated carbocycles. The largest absolute Gasteiger partial charge is 0.220 e. The molecule has 0 unspecified atom stereocenters. The van der Waals surface area contributed by atoms with E-state index < -0.39 is 0 Å². The molecule has 0 bridgehead atoms. The molecule has 3 nitrogen and oxygen atoms in total. The second-order valence-corrected chi connectivity index (χ2v) is 3.60. The van der Waals surface area contributed by atoms with Crippen molar-refractivity contribution in [2.45, 2.75) is 26.7 Å². The van der Waals surface area contributed by atoms with E-state index in [2.05, 4.69) is 24.4 Å². The Hall–Kier alpha value is -0.480. The first-order chi connectivity index (χ1) is 5.77. The Labute approximate surface area is 77.8 Å². The van der Waals surface area contributed by atoms with Gasteiger partial charge in [-0.25, -0.2) is 5.84 Å². The minimum absolute atomic E-state index is 0.634. The van der Waals surface area contributed by atoms with Crippen LogP contribution in [0, 0.1) is 5.92 Å². The van der Waals surface area contributed by atoms with Gasteiger partial charge in [-0.15, -0.1) is 0 Å². The highest BCUT2D eigenvalue weighted by atomic mass is 32.2. The van der Waals surface area contributed by atoms with Gasteiger partial charge in [-0.2, -0.15) is 9.62 Å². The molecule has 1 rings (SSSR count). The van der Waals surface area contributed by atoms with E-state index in [-0.39, 0.29) is 0 Å². The molecule has 1 aliphatic rings. The molecule has 0 amide bonds. The molecule has 1 heterocycles. The topological polar surface area (TPSA) is 41.6 Å². The van der Waals surface area contributed by atoms with E-state index in [1.54, 1.807) is 0 Å². The van der Waals surface area contributed by atoms with Gasteiger partial charge in [0.2, 0.25) is 0 Å². The van der Waals surface area contributed by atoms with Crippen LogP contribution in [-0.2, 0) is 0 Å². The number of hydrogen-bond donors (Lipinski definition) is 1. The summed E-state index contributed by atoms with van der Waals surface area (Å²) in [5.74, 6) is 6.07. The SMILES string of the molecule is CCC(CC)C1=CSN(N)N=C1. The monoisotopic (exact) mass is 185 g/mol. The minimum atomic E-state index is 0.634. The maximum absolute atomic E-state index is 5.43. The first-order valence-electron chi connectivity index (χ1n) is 4.23. The quantitative estimate of drug-likeness (QED) is 0.541. The van der Waals surface area contributed by atoms with Crippen molar-refractivity contribution in [3.8, 4) is 0 Å². The number of hydrazine groups is 1. The zero-order chi connectivity index (χ0) is 8.97. The molecular weight excluding hydrogens is 170 g/mol. The Balaban J connectivity index is 2.58. The summed E-state index contributed by atoms with van der Waals surface area (Å²) < 4.78 is 1.37. The summed E-state index contributed by atoms with van der Waals surface area (Å²) in [5.41, 5.74) is 1.30. The molecular formula is C8H15N3S. The molecule has 0 spiro atoms. The van der Waals surface area contributed by atoms with E-state index in [1.165, 1.54) is 34.9 Å². The second-order valence-electron chi connectivity index (χ2n) is 2.78. The molecule has 0 aliphatic carbocycles. The van der Waals surface area contributed by atoms with Crippen LogP contribution in [0.3, 0.4) is 0 Å². The van der Waals surface area contributed by atoms with Crippen molar-refractivity contribution in [1.29, 1.82) is 0 Å². The van der Waals surface area contributed by atoms with Crippen molar-refractivity contribution in [3.63, 3.8) is 0 Å². The van der Waals surface area contributed by atoms with Crippen LogP contribution in [0.1, 0.15) is 26.7 Å². The van der Waals surface area contributed by atoms with Gasteiger partial charge in [0, 0.05) is 17.4 Å². The third-order valence-corrected chi connectivity index (χ3v) is 2.76. The summed E-state index contributed by atoms with van der Waals surface area (Å²) in [7, 11) is 0. The summed E-state index contributed by atoms with van der Waals surface area (Å²) in [6.45, 7) is 4.39. The van der Waals surface area contributed by atoms with Gasteiger partial charge in [-0.3, -0.25) is 0 Å². The zero-order valence-electron chi connectivity index (χ0n) is 7.53. The molecule has 2 N–H and O–H groups in total. The molecule has 0 fully saturated rings. The molecule has 12 heavy (non-hydrogen) atoms. The number of rotatable bonds is 3. The third-order valence-electron chi connectivity index (χ3n) is 2.07. The lowest BCUT2D eigenvalue weighted by Gasteiger charge is -2.18. The second kappa shape index (κ2) is 4.52. The van der Waals surface area contributed by atoms with Gasteiger partial charge in [0.1, 0.15) is 0 Å². The van der Waals surface area contributed by atoms with E-state index in [1.807, 2.05) is 6.21 Å². The van der Waals surface area contributed by atoms with Crippen LogP contribution in [0.15, 0.2) is 16.1 Å². The van der Waals surface area contributed by atoms with Crippen molar-refractivity contribution >= 4 is 18.2 Å². The van der Waals surface area contributed by atoms with Crippen molar-refractivity contribution in [2.75, 3.05) is 0 Å². The Kier molecular flexibility index (Phi) is 3.62. The normalized spacial score (nSPS) is 17.0. The molecule has 0 atom stereocenters. The Morgan fingerprint density at radius 2 is 2.25 bits per heavy atom. The van der Waals surface area contributed by atoms with Crippen LogP contribution in [0.25, 0.3) is 0 Å². The van der Waals surface area contributed by atoms with Crippen LogP contribution in [-0.4, -0.2) is 10.7 Å². The predicted octanol–water partition coefficient (Wildman–Crippen LogP) is 2.13. The Morgan fingerprint density at radius 1 is 1.58 bits per heavy atom. The average Bonchev–Trinajstić information content (AvgIpc) is 2.10. The van der Waals surface area contributed by atoms with E-state index in [4.69, 9.17) is 5.84 Å². The summed E-state index contributed by atoms with van der Waals surface area (Å²) in [5, 5.41) is 6.08. The summed E-state index contributed by atoms with van der Waals surface area (Å²) >= 11 is 1.44. The van der Waals surface area contributed by atoms with Gasteiger partial charge in [-0.05, 0) is 24.3 Å². The fourth-order valence-corrected chi connectivity index (χ4v) is 1.84. The molecule has 0 aromatic heterocycles.